The molecule has 0 aromatic heterocycles. The van der Waals surface area contributed by atoms with Crippen molar-refractivity contribution in [3.63, 3.8) is 0 Å². The van der Waals surface area contributed by atoms with Crippen molar-refractivity contribution < 1.29 is 23.2 Å². The van der Waals surface area contributed by atoms with Gasteiger partial charge in [-0.3, -0.25) is 10.1 Å². The molecule has 2 N–H and O–H groups in total. The Hall–Kier alpha value is -1.71. The normalized spacial score (nSPS) is 11.4. The van der Waals surface area contributed by atoms with Gasteiger partial charge in [0.25, 0.3) is 0 Å². The highest BCUT2D eigenvalue weighted by atomic mass is 32.2. The molecule has 0 atom stereocenters. The number of phenolic OH excluding ortho intramolecular Hbond substituents is 1. The van der Waals surface area contributed by atoms with E-state index in [9.17, 15) is 23.6 Å². The van der Waals surface area contributed by atoms with Crippen molar-refractivity contribution in [3.8, 4) is 5.75 Å². The van der Waals surface area contributed by atoms with Gasteiger partial charge < -0.3 is 9.84 Å². The molecule has 0 fully saturated rings. The Morgan fingerprint density at radius 1 is 1.47 bits per heavy atom. The van der Waals surface area contributed by atoms with Crippen LogP contribution in [-0.2, 0) is 14.8 Å². The smallest absolute Gasteiger partial charge is 0.312 e. The Balaban J connectivity index is 2.89. The largest absolute Gasteiger partial charge is 0.502 e. The molecule has 0 aliphatic heterocycles. The molecular formula is C10H14N2O6S. The molecule has 9 heteroatoms. The molecule has 0 spiro atoms. The van der Waals surface area contributed by atoms with Crippen LogP contribution in [0, 0.1) is 10.1 Å². The molecule has 1 rings (SSSR count). The predicted octanol–water partition coefficient (Wildman–Crippen LogP) is 0.615. The summed E-state index contributed by atoms with van der Waals surface area (Å²) in [5.74, 6) is -0.585. The average molecular weight is 290 g/mol. The Labute approximate surface area is 110 Å². The van der Waals surface area contributed by atoms with Gasteiger partial charge in [-0.15, -0.1) is 0 Å². The van der Waals surface area contributed by atoms with Crippen molar-refractivity contribution in [1.82, 2.24) is 4.72 Å². The fraction of sp³-hybridized carbons (Fsp3) is 0.400. The first-order valence-corrected chi connectivity index (χ1v) is 6.91. The lowest BCUT2D eigenvalue weighted by molar-refractivity contribution is -0.386. The van der Waals surface area contributed by atoms with Crippen molar-refractivity contribution in [2.45, 2.75) is 11.8 Å². The van der Waals surface area contributed by atoms with Gasteiger partial charge in [0.05, 0.1) is 16.4 Å². The Kier molecular flexibility index (Phi) is 5.21. The van der Waals surface area contributed by atoms with Crippen molar-refractivity contribution in [3.05, 3.63) is 28.3 Å². The zero-order chi connectivity index (χ0) is 14.5. The molecule has 0 aliphatic carbocycles. The fourth-order valence-corrected chi connectivity index (χ4v) is 2.33. The van der Waals surface area contributed by atoms with Crippen LogP contribution in [0.5, 0.6) is 5.75 Å². The quantitative estimate of drug-likeness (QED) is 0.431. The Bertz CT molecular complexity index is 557. The molecule has 0 bridgehead atoms. The lowest BCUT2D eigenvalue weighted by Crippen LogP contribution is -2.27. The van der Waals surface area contributed by atoms with Crippen molar-refractivity contribution in [2.24, 2.45) is 0 Å². The van der Waals surface area contributed by atoms with Gasteiger partial charge in [-0.1, -0.05) is 0 Å². The maximum atomic E-state index is 11.8. The summed E-state index contributed by atoms with van der Waals surface area (Å²) in [6.45, 7) is 2.50. The molecule has 1 aromatic carbocycles. The number of nitro benzene ring substituents is 1. The van der Waals surface area contributed by atoms with E-state index in [1.165, 1.54) is 0 Å². The number of rotatable bonds is 7. The van der Waals surface area contributed by atoms with Crippen LogP contribution in [0.25, 0.3) is 0 Å². The summed E-state index contributed by atoms with van der Waals surface area (Å²) >= 11 is 0. The number of nitrogens with one attached hydrogen (secondary N) is 1. The van der Waals surface area contributed by atoms with E-state index in [2.05, 4.69) is 4.72 Å². The van der Waals surface area contributed by atoms with Gasteiger partial charge in [0, 0.05) is 19.2 Å². The van der Waals surface area contributed by atoms with Gasteiger partial charge >= 0.3 is 5.69 Å². The predicted molar refractivity (Wildman–Crippen MR) is 66.4 cm³/mol. The summed E-state index contributed by atoms with van der Waals surface area (Å²) in [5.41, 5.74) is -0.660. The molecule has 0 heterocycles. The number of aromatic hydroxyl groups is 1. The Morgan fingerprint density at radius 3 is 2.74 bits per heavy atom. The van der Waals surface area contributed by atoms with Crippen LogP contribution in [-0.4, -0.2) is 38.2 Å². The standard InChI is InChI=1S/C10H14N2O6S/c1-2-18-6-5-11-19(16,17)8-3-4-10(13)9(7-8)12(14)15/h3-4,7,11,13H,2,5-6H2,1H3. The van der Waals surface area contributed by atoms with Crippen molar-refractivity contribution in [2.75, 3.05) is 19.8 Å². The third kappa shape index (κ3) is 4.16. The van der Waals surface area contributed by atoms with Gasteiger partial charge in [0.15, 0.2) is 5.75 Å². The summed E-state index contributed by atoms with van der Waals surface area (Å²) in [7, 11) is -3.86. The first-order chi connectivity index (χ1) is 8.88. The minimum Gasteiger partial charge on any atom is -0.502 e. The SMILES string of the molecule is CCOCCNS(=O)(=O)c1ccc(O)c([N+](=O)[O-])c1. The molecule has 0 unspecified atom stereocenters. The van der Waals surface area contributed by atoms with Crippen LogP contribution in [0.4, 0.5) is 5.69 Å². The zero-order valence-electron chi connectivity index (χ0n) is 10.2. The molecule has 1 aromatic rings. The van der Waals surface area contributed by atoms with Gasteiger partial charge in [-0.05, 0) is 19.1 Å². The molecule has 19 heavy (non-hydrogen) atoms. The van der Waals surface area contributed by atoms with Crippen LogP contribution in [0.15, 0.2) is 23.1 Å². The maximum absolute atomic E-state index is 11.8. The zero-order valence-corrected chi connectivity index (χ0v) is 11.0. The molecule has 0 aliphatic rings. The average Bonchev–Trinajstić information content (AvgIpc) is 2.34. The highest BCUT2D eigenvalue weighted by Gasteiger charge is 2.20. The topological polar surface area (TPSA) is 119 Å². The minimum absolute atomic E-state index is 0.0604. The van der Waals surface area contributed by atoms with Crippen LogP contribution < -0.4 is 4.72 Å². The molecule has 0 radical (unpaired) electrons. The molecular weight excluding hydrogens is 276 g/mol. The molecule has 106 valence electrons. The van der Waals surface area contributed by atoms with E-state index >= 15 is 0 Å². The summed E-state index contributed by atoms with van der Waals surface area (Å²) in [6.07, 6.45) is 0. The summed E-state index contributed by atoms with van der Waals surface area (Å²) in [5, 5.41) is 19.9. The van der Waals surface area contributed by atoms with E-state index in [4.69, 9.17) is 4.74 Å². The van der Waals surface area contributed by atoms with E-state index in [0.717, 1.165) is 18.2 Å². The second kappa shape index (κ2) is 6.45. The third-order valence-electron chi connectivity index (χ3n) is 2.20. The lowest BCUT2D eigenvalue weighted by Gasteiger charge is -2.07. The highest BCUT2D eigenvalue weighted by molar-refractivity contribution is 7.89. The number of nitro groups is 1. The van der Waals surface area contributed by atoms with Crippen molar-refractivity contribution in [1.29, 1.82) is 0 Å². The van der Waals surface area contributed by atoms with Crippen LogP contribution >= 0.6 is 0 Å². The number of ether oxygens (including phenoxy) is 1. The first kappa shape index (κ1) is 15.3. The lowest BCUT2D eigenvalue weighted by atomic mass is 10.3. The third-order valence-corrected chi connectivity index (χ3v) is 3.66. The second-order valence-electron chi connectivity index (χ2n) is 3.50. The fourth-order valence-electron chi connectivity index (χ4n) is 1.29. The summed E-state index contributed by atoms with van der Waals surface area (Å²) in [6, 6.07) is 2.86. The Morgan fingerprint density at radius 2 is 2.16 bits per heavy atom. The number of phenols is 1. The van der Waals surface area contributed by atoms with Crippen LogP contribution in [0.2, 0.25) is 0 Å². The van der Waals surface area contributed by atoms with E-state index < -0.39 is 26.4 Å². The van der Waals surface area contributed by atoms with E-state index in [1.807, 2.05) is 0 Å². The monoisotopic (exact) mass is 290 g/mol. The van der Waals surface area contributed by atoms with Gasteiger partial charge in [0.1, 0.15) is 0 Å². The van der Waals surface area contributed by atoms with Gasteiger partial charge in [-0.2, -0.15) is 0 Å². The van der Waals surface area contributed by atoms with Gasteiger partial charge in [0.2, 0.25) is 10.0 Å². The van der Waals surface area contributed by atoms with Gasteiger partial charge in [-0.25, -0.2) is 13.1 Å². The molecule has 0 amide bonds. The highest BCUT2D eigenvalue weighted by Crippen LogP contribution is 2.27. The number of sulfonamides is 1. The summed E-state index contributed by atoms with van der Waals surface area (Å²) < 4.78 is 30.8. The van der Waals surface area contributed by atoms with Crippen molar-refractivity contribution >= 4 is 15.7 Å². The second-order valence-corrected chi connectivity index (χ2v) is 5.27. The number of benzene rings is 1. The maximum Gasteiger partial charge on any atom is 0.312 e. The first-order valence-electron chi connectivity index (χ1n) is 5.43. The van der Waals surface area contributed by atoms with E-state index in [0.29, 0.717) is 6.61 Å². The molecule has 8 nitrogen and oxygen atoms in total. The summed E-state index contributed by atoms with van der Waals surface area (Å²) in [4.78, 5) is 9.47. The minimum atomic E-state index is -3.86. The molecule has 0 saturated carbocycles. The molecule has 0 saturated heterocycles. The number of hydrogen-bond acceptors (Lipinski definition) is 6. The van der Waals surface area contributed by atoms with E-state index in [1.54, 1.807) is 6.92 Å². The number of nitrogens with zero attached hydrogens (tertiary/aromatic N) is 1. The van der Waals surface area contributed by atoms with Crippen LogP contribution in [0.1, 0.15) is 6.92 Å². The van der Waals surface area contributed by atoms with E-state index in [-0.39, 0.29) is 18.0 Å². The number of hydrogen-bond donors (Lipinski definition) is 2. The van der Waals surface area contributed by atoms with Crippen LogP contribution in [0.3, 0.4) is 0 Å².